The average Bonchev–Trinajstić information content (AvgIpc) is 3.01. The van der Waals surface area contributed by atoms with Gasteiger partial charge in [0.25, 0.3) is 0 Å². The number of carbonyl (C=O) groups excluding carboxylic acids is 1. The fraction of sp³-hybridized carbons (Fsp3) is 0.405. The Morgan fingerprint density at radius 1 is 0.929 bits per heavy atom. The van der Waals surface area contributed by atoms with E-state index in [-0.39, 0.29) is 71.9 Å². The number of fused-ring (bicyclic) bond motifs is 3. The van der Waals surface area contributed by atoms with E-state index in [0.29, 0.717) is 27.4 Å². The molecule has 5 heteroatoms. The van der Waals surface area contributed by atoms with Crippen LogP contribution in [0.2, 0.25) is 0 Å². The Morgan fingerprint density at radius 2 is 1.55 bits per heavy atom. The molecule has 0 unspecified atom stereocenters. The summed E-state index contributed by atoms with van der Waals surface area (Å²) in [6.45, 7) is 6.93. The molecule has 4 rings (SSSR count). The molecule has 1 aromatic heterocycles. The van der Waals surface area contributed by atoms with Crippen molar-refractivity contribution in [3.05, 3.63) is 89.1 Å². The molecule has 0 aliphatic heterocycles. The third-order valence-corrected chi connectivity index (χ3v) is 7.73. The molecule has 1 radical (unpaired) electrons. The first-order valence-corrected chi connectivity index (χ1v) is 14.5. The number of allylic oxidation sites excluding steroid dienone is 2. The van der Waals surface area contributed by atoms with E-state index in [1.165, 1.54) is 12.1 Å². The van der Waals surface area contributed by atoms with Gasteiger partial charge in [0.2, 0.25) is 0 Å². The second-order valence-corrected chi connectivity index (χ2v) is 10.7. The minimum absolute atomic E-state index is 0. The van der Waals surface area contributed by atoms with Gasteiger partial charge in [0, 0.05) is 57.8 Å². The number of ketones is 1. The van der Waals surface area contributed by atoms with Crippen LogP contribution >= 0.6 is 0 Å². The van der Waals surface area contributed by atoms with E-state index >= 15 is 4.39 Å². The predicted octanol–water partition coefficient (Wildman–Crippen LogP) is 10.6. The molecular weight excluding hydrogens is 702 g/mol. The molecule has 0 bridgehead atoms. The third kappa shape index (κ3) is 8.14. The molecule has 0 spiro atoms. The summed E-state index contributed by atoms with van der Waals surface area (Å²) in [5.74, 6) is 0.322. The second-order valence-electron chi connectivity index (χ2n) is 10.7. The standard InChI is InChI=1S/C24H21FN.C13H24O2.Ir/c1-14(2)18-5-6-19-20-9-10-26-24(17-12-15(3)11-16(4)13-17)22(20)8-7-21(19)23(18)25;1-5-10(6-2)12(14)9-13(15)11(7-3)8-4;/h5-12,14H,1-4H3;9-11,14H,5-8H2,1-4H3;/q-1;;/b;12-9-;/i3D3,4D3;;. The molecule has 3 nitrogen and oxygen atoms in total. The molecule has 0 aliphatic rings. The monoisotopic (exact) mass is 753 g/mol. The van der Waals surface area contributed by atoms with Gasteiger partial charge >= 0.3 is 0 Å². The number of pyridine rings is 1. The van der Waals surface area contributed by atoms with Crippen LogP contribution in [0.15, 0.2) is 60.5 Å². The van der Waals surface area contributed by atoms with Crippen LogP contribution in [-0.4, -0.2) is 15.9 Å². The number of aryl methyl sites for hydroxylation is 2. The Kier molecular flexibility index (Phi) is 10.2. The Balaban J connectivity index is 0.000000427. The van der Waals surface area contributed by atoms with Gasteiger partial charge in [-0.3, -0.25) is 4.79 Å². The number of rotatable bonds is 9. The zero-order valence-corrected chi connectivity index (χ0v) is 27.7. The number of benzene rings is 3. The zero-order chi connectivity index (χ0) is 35.3. The third-order valence-electron chi connectivity index (χ3n) is 7.73. The molecule has 4 aromatic rings. The van der Waals surface area contributed by atoms with E-state index in [9.17, 15) is 9.90 Å². The largest absolute Gasteiger partial charge is 0.512 e. The summed E-state index contributed by atoms with van der Waals surface area (Å²) < 4.78 is 61.6. The summed E-state index contributed by atoms with van der Waals surface area (Å²) in [6.07, 6.45) is 6.46. The molecular formula is C37H45FIrNO2-. The predicted molar refractivity (Wildman–Crippen MR) is 171 cm³/mol. The summed E-state index contributed by atoms with van der Waals surface area (Å²) in [5.41, 5.74) is 1.02. The Bertz CT molecular complexity index is 1710. The van der Waals surface area contributed by atoms with E-state index in [4.69, 9.17) is 8.22 Å². The number of nitrogens with zero attached hydrogens (tertiary/aromatic N) is 1. The average molecular weight is 753 g/mol. The van der Waals surface area contributed by atoms with E-state index in [1.54, 1.807) is 30.5 Å². The summed E-state index contributed by atoms with van der Waals surface area (Å²) >= 11 is 0. The van der Waals surface area contributed by atoms with Gasteiger partial charge in [-0.15, -0.1) is 34.9 Å². The van der Waals surface area contributed by atoms with Crippen molar-refractivity contribution in [3.8, 4) is 11.3 Å². The van der Waals surface area contributed by atoms with E-state index in [1.807, 2.05) is 47.6 Å². The van der Waals surface area contributed by atoms with Crippen molar-refractivity contribution in [1.29, 1.82) is 0 Å². The zero-order valence-electron chi connectivity index (χ0n) is 31.3. The Hall–Kier alpha value is -2.88. The molecule has 0 saturated carbocycles. The Morgan fingerprint density at radius 3 is 2.14 bits per heavy atom. The summed E-state index contributed by atoms with van der Waals surface area (Å²) in [5, 5.41) is 12.4. The first kappa shape index (κ1) is 26.7. The van der Waals surface area contributed by atoms with Crippen LogP contribution in [0.25, 0.3) is 32.8 Å². The molecule has 1 heterocycles. The maximum atomic E-state index is 15.1. The van der Waals surface area contributed by atoms with Gasteiger partial charge in [-0.25, -0.2) is 4.39 Å². The number of hydrogen-bond acceptors (Lipinski definition) is 3. The summed E-state index contributed by atoms with van der Waals surface area (Å²) in [7, 11) is 0. The van der Waals surface area contributed by atoms with Gasteiger partial charge in [0.1, 0.15) is 5.82 Å². The molecule has 42 heavy (non-hydrogen) atoms. The van der Waals surface area contributed by atoms with Crippen LogP contribution in [0.3, 0.4) is 0 Å². The molecule has 0 amide bonds. The smallest absolute Gasteiger partial charge is 0.162 e. The van der Waals surface area contributed by atoms with Gasteiger partial charge in [-0.05, 0) is 65.1 Å². The molecule has 0 aliphatic carbocycles. The van der Waals surface area contributed by atoms with Crippen LogP contribution < -0.4 is 0 Å². The van der Waals surface area contributed by atoms with Crippen LogP contribution in [0.5, 0.6) is 0 Å². The fourth-order valence-electron chi connectivity index (χ4n) is 5.19. The number of halogens is 1. The molecule has 0 fully saturated rings. The first-order valence-electron chi connectivity index (χ1n) is 17.5. The van der Waals surface area contributed by atoms with Crippen molar-refractivity contribution in [1.82, 2.24) is 4.98 Å². The number of hydrogen-bond donors (Lipinski definition) is 1. The van der Waals surface area contributed by atoms with Gasteiger partial charge in [-0.2, -0.15) is 0 Å². The maximum absolute atomic E-state index is 15.1. The maximum Gasteiger partial charge on any atom is 0.162 e. The molecule has 1 N–H and O–H groups in total. The normalized spacial score (nSPS) is 14.4. The number of aliphatic hydroxyl groups excluding tert-OH is 1. The molecule has 3 aromatic carbocycles. The topological polar surface area (TPSA) is 50.2 Å². The van der Waals surface area contributed by atoms with Crippen LogP contribution in [0.1, 0.15) is 98.1 Å². The molecule has 227 valence electrons. The van der Waals surface area contributed by atoms with Crippen molar-refractivity contribution < 1.29 is 42.6 Å². The number of carbonyl (C=O) groups is 1. The minimum Gasteiger partial charge on any atom is -0.512 e. The number of aliphatic hydroxyl groups is 1. The van der Waals surface area contributed by atoms with E-state index in [0.717, 1.165) is 37.1 Å². The van der Waals surface area contributed by atoms with Crippen molar-refractivity contribution in [3.63, 3.8) is 0 Å². The second kappa shape index (κ2) is 16.1. The molecule has 0 saturated heterocycles. The summed E-state index contributed by atoms with van der Waals surface area (Å²) in [6, 6.07) is 14.2. The Labute approximate surface area is 273 Å². The quantitative estimate of drug-likeness (QED) is 0.0802. The SMILES string of the molecule is CCC(CC)C(=O)/C=C(\O)C(CC)CC.[2H]C([2H])([2H])c1[c-]c(-c2nccc3c2ccc2c(F)c(C(C)C)ccc23)cc(C([2H])([2H])[2H])c1.[Ir]. The minimum atomic E-state index is -2.52. The van der Waals surface area contributed by atoms with Gasteiger partial charge < -0.3 is 10.1 Å². The van der Waals surface area contributed by atoms with Gasteiger partial charge in [0.05, 0.1) is 5.76 Å². The van der Waals surface area contributed by atoms with Gasteiger partial charge in [0.15, 0.2) is 5.78 Å². The van der Waals surface area contributed by atoms with Crippen molar-refractivity contribution >= 4 is 27.3 Å². The van der Waals surface area contributed by atoms with Crippen molar-refractivity contribution in [2.24, 2.45) is 11.8 Å². The first-order chi connectivity index (χ1) is 22.0. The van der Waals surface area contributed by atoms with E-state index in [2.05, 4.69) is 11.1 Å². The van der Waals surface area contributed by atoms with Crippen molar-refractivity contribution in [2.75, 3.05) is 0 Å². The van der Waals surface area contributed by atoms with Crippen LogP contribution in [0, 0.1) is 37.4 Å². The van der Waals surface area contributed by atoms with Crippen LogP contribution in [0.4, 0.5) is 4.39 Å². The van der Waals surface area contributed by atoms with Gasteiger partial charge in [-0.1, -0.05) is 79.5 Å². The van der Waals surface area contributed by atoms with Crippen molar-refractivity contribution in [2.45, 2.75) is 86.8 Å². The van der Waals surface area contributed by atoms with Crippen LogP contribution in [-0.2, 0) is 24.9 Å². The number of aromatic nitrogens is 1. The molecule has 0 atom stereocenters. The fourth-order valence-corrected chi connectivity index (χ4v) is 5.19. The van der Waals surface area contributed by atoms with E-state index < -0.39 is 13.7 Å². The summed E-state index contributed by atoms with van der Waals surface area (Å²) in [4.78, 5) is 16.1.